The van der Waals surface area contributed by atoms with Gasteiger partial charge < -0.3 is 19.8 Å². The Hall–Kier alpha value is -4.04. The Morgan fingerprint density at radius 1 is 1.11 bits per heavy atom. The zero-order valence-electron chi connectivity index (χ0n) is 19.5. The van der Waals surface area contributed by atoms with Crippen molar-refractivity contribution in [3.05, 3.63) is 93.4 Å². The lowest BCUT2D eigenvalue weighted by Crippen LogP contribution is -2.29. The number of aromatic amines is 1. The van der Waals surface area contributed by atoms with Crippen molar-refractivity contribution in [2.75, 3.05) is 6.61 Å². The minimum Gasteiger partial charge on any atom is -0.507 e. The lowest BCUT2D eigenvalue weighted by molar-refractivity contribution is 0.0730. The van der Waals surface area contributed by atoms with Crippen molar-refractivity contribution in [3.63, 3.8) is 0 Å². The molecule has 0 bridgehead atoms. The molecule has 1 amide bonds. The van der Waals surface area contributed by atoms with Crippen molar-refractivity contribution < 1.29 is 24.1 Å². The van der Waals surface area contributed by atoms with Crippen LogP contribution in [-0.2, 0) is 6.54 Å². The van der Waals surface area contributed by atoms with Crippen LogP contribution in [0.3, 0.4) is 0 Å². The van der Waals surface area contributed by atoms with Crippen LogP contribution in [0.25, 0.3) is 11.3 Å². The van der Waals surface area contributed by atoms with Gasteiger partial charge in [0.2, 0.25) is 0 Å². The molecule has 7 nitrogen and oxygen atoms in total. The van der Waals surface area contributed by atoms with Gasteiger partial charge in [-0.15, -0.1) is 0 Å². The van der Waals surface area contributed by atoms with E-state index < -0.39 is 6.04 Å². The molecule has 5 rings (SSSR count). The predicted octanol–water partition coefficient (Wildman–Crippen LogP) is 5.73. The number of fused-ring (bicyclic) bond motifs is 1. The summed E-state index contributed by atoms with van der Waals surface area (Å²) in [7, 11) is 0. The fourth-order valence-corrected chi connectivity index (χ4v) is 4.69. The highest BCUT2D eigenvalue weighted by atomic mass is 35.5. The first-order valence-electron chi connectivity index (χ1n) is 11.4. The number of carbonyl (C=O) groups is 1. The molecule has 0 spiro atoms. The SMILES string of the molecule is CCOc1cc([C@H]2c3c(-c4cc(Cl)c(C)cc4O)n[nH]c3C(=O)N2Cc2ccc(F)cc2)ccc1O. The maximum Gasteiger partial charge on any atom is 0.273 e. The first-order chi connectivity index (χ1) is 17.3. The maximum absolute atomic E-state index is 13.6. The summed E-state index contributed by atoms with van der Waals surface area (Å²) in [5.74, 6) is -0.433. The number of aromatic hydroxyl groups is 2. The lowest BCUT2D eigenvalue weighted by atomic mass is 9.94. The van der Waals surface area contributed by atoms with Crippen LogP contribution >= 0.6 is 11.6 Å². The molecule has 4 aromatic rings. The van der Waals surface area contributed by atoms with Crippen LogP contribution in [0.5, 0.6) is 17.2 Å². The number of aryl methyl sites for hydroxylation is 1. The summed E-state index contributed by atoms with van der Waals surface area (Å²) in [5, 5.41) is 28.6. The van der Waals surface area contributed by atoms with Crippen molar-refractivity contribution in [2.24, 2.45) is 0 Å². The van der Waals surface area contributed by atoms with E-state index in [0.717, 1.165) is 5.56 Å². The number of aromatic nitrogens is 2. The second-order valence-electron chi connectivity index (χ2n) is 8.60. The lowest BCUT2D eigenvalue weighted by Gasteiger charge is -2.27. The normalized spacial score (nSPS) is 14.8. The molecule has 2 heterocycles. The smallest absolute Gasteiger partial charge is 0.273 e. The Morgan fingerprint density at radius 2 is 1.86 bits per heavy atom. The quantitative estimate of drug-likeness (QED) is 0.309. The summed E-state index contributed by atoms with van der Waals surface area (Å²) in [6, 6.07) is 13.4. The molecular weight excluding hydrogens is 485 g/mol. The van der Waals surface area contributed by atoms with E-state index in [4.69, 9.17) is 16.3 Å². The van der Waals surface area contributed by atoms with Crippen LogP contribution in [0, 0.1) is 12.7 Å². The van der Waals surface area contributed by atoms with E-state index in [2.05, 4.69) is 10.2 Å². The number of phenols is 2. The predicted molar refractivity (Wildman–Crippen MR) is 133 cm³/mol. The fourth-order valence-electron chi connectivity index (χ4n) is 4.53. The molecule has 0 radical (unpaired) electrons. The number of carbonyl (C=O) groups excluding carboxylic acids is 1. The Bertz CT molecular complexity index is 1470. The van der Waals surface area contributed by atoms with E-state index in [0.29, 0.717) is 39.6 Å². The van der Waals surface area contributed by atoms with Gasteiger partial charge in [-0.3, -0.25) is 9.89 Å². The van der Waals surface area contributed by atoms with Gasteiger partial charge in [0, 0.05) is 22.7 Å². The van der Waals surface area contributed by atoms with E-state index in [9.17, 15) is 19.4 Å². The second-order valence-corrected chi connectivity index (χ2v) is 9.01. The van der Waals surface area contributed by atoms with Crippen molar-refractivity contribution in [1.29, 1.82) is 0 Å². The number of phenolic OH excluding ortho intramolecular Hbond substituents is 2. The Morgan fingerprint density at radius 3 is 2.58 bits per heavy atom. The molecular formula is C27H23ClFN3O4. The highest BCUT2D eigenvalue weighted by molar-refractivity contribution is 6.31. The summed E-state index contributed by atoms with van der Waals surface area (Å²) < 4.78 is 19.1. The summed E-state index contributed by atoms with van der Waals surface area (Å²) in [6.07, 6.45) is 0. The molecule has 1 atom stereocenters. The van der Waals surface area contributed by atoms with Gasteiger partial charge in [-0.05, 0) is 66.9 Å². The summed E-state index contributed by atoms with van der Waals surface area (Å²) >= 11 is 6.36. The molecule has 1 aromatic heterocycles. The molecule has 9 heteroatoms. The van der Waals surface area contributed by atoms with Gasteiger partial charge in [0.1, 0.15) is 23.0 Å². The molecule has 0 unspecified atom stereocenters. The number of hydrogen-bond donors (Lipinski definition) is 3. The topological polar surface area (TPSA) is 98.7 Å². The molecule has 1 aliphatic heterocycles. The molecule has 3 N–H and O–H groups in total. The Labute approximate surface area is 211 Å². The van der Waals surface area contributed by atoms with Crippen molar-refractivity contribution in [1.82, 2.24) is 15.1 Å². The first-order valence-corrected chi connectivity index (χ1v) is 11.7. The number of nitrogens with one attached hydrogen (secondary N) is 1. The molecule has 36 heavy (non-hydrogen) atoms. The number of hydrogen-bond acceptors (Lipinski definition) is 5. The Balaban J connectivity index is 1.68. The highest BCUT2D eigenvalue weighted by Crippen LogP contribution is 2.47. The number of benzene rings is 3. The number of rotatable bonds is 6. The summed E-state index contributed by atoms with van der Waals surface area (Å²) in [4.78, 5) is 15.2. The van der Waals surface area contributed by atoms with E-state index in [1.54, 1.807) is 48.2 Å². The minimum absolute atomic E-state index is 0.0184. The number of H-pyrrole nitrogens is 1. The van der Waals surface area contributed by atoms with Gasteiger partial charge in [-0.1, -0.05) is 29.8 Å². The molecule has 0 fully saturated rings. The monoisotopic (exact) mass is 507 g/mol. The van der Waals surface area contributed by atoms with Gasteiger partial charge in [-0.2, -0.15) is 5.10 Å². The minimum atomic E-state index is -0.634. The number of ether oxygens (including phenoxy) is 1. The van der Waals surface area contributed by atoms with Gasteiger partial charge in [0.05, 0.1) is 12.6 Å². The maximum atomic E-state index is 13.6. The molecule has 0 saturated carbocycles. The zero-order valence-corrected chi connectivity index (χ0v) is 20.3. The molecule has 3 aromatic carbocycles. The van der Waals surface area contributed by atoms with Crippen LogP contribution < -0.4 is 4.74 Å². The van der Waals surface area contributed by atoms with Gasteiger partial charge in [0.25, 0.3) is 5.91 Å². The van der Waals surface area contributed by atoms with Crippen LogP contribution in [-0.4, -0.2) is 37.8 Å². The van der Waals surface area contributed by atoms with Gasteiger partial charge >= 0.3 is 0 Å². The third-order valence-electron chi connectivity index (χ3n) is 6.26. The van der Waals surface area contributed by atoms with Crippen molar-refractivity contribution >= 4 is 17.5 Å². The summed E-state index contributed by atoms with van der Waals surface area (Å²) in [6.45, 7) is 4.13. The third kappa shape index (κ3) is 4.03. The van der Waals surface area contributed by atoms with E-state index >= 15 is 0 Å². The largest absolute Gasteiger partial charge is 0.507 e. The Kier molecular flexibility index (Phi) is 6.05. The molecule has 0 saturated heterocycles. The molecule has 184 valence electrons. The average molecular weight is 508 g/mol. The first kappa shape index (κ1) is 23.7. The van der Waals surface area contributed by atoms with Gasteiger partial charge in [0.15, 0.2) is 11.5 Å². The van der Waals surface area contributed by atoms with Crippen LogP contribution in [0.1, 0.15) is 45.7 Å². The fraction of sp³-hybridized carbons (Fsp3) is 0.185. The summed E-state index contributed by atoms with van der Waals surface area (Å²) in [5.41, 5.74) is 3.72. The van der Waals surface area contributed by atoms with Crippen LogP contribution in [0.4, 0.5) is 4.39 Å². The number of halogens is 2. The second kappa shape index (κ2) is 9.20. The standard InChI is InChI=1S/C27H23ClFN3O4/c1-3-36-22-11-16(6-9-20(22)33)26-23-24(18-12-19(28)14(2)10-21(18)34)30-31-25(23)27(35)32(26)13-15-4-7-17(29)8-5-15/h4-12,26,33-34H,3,13H2,1-2H3,(H,30,31)/t26-/m0/s1. The molecule has 0 aliphatic carbocycles. The van der Waals surface area contributed by atoms with Crippen molar-refractivity contribution in [2.45, 2.75) is 26.4 Å². The zero-order chi connectivity index (χ0) is 25.6. The van der Waals surface area contributed by atoms with E-state index in [1.165, 1.54) is 18.2 Å². The molecule has 1 aliphatic rings. The van der Waals surface area contributed by atoms with Gasteiger partial charge in [-0.25, -0.2) is 4.39 Å². The number of amides is 1. The van der Waals surface area contributed by atoms with Crippen LogP contribution in [0.2, 0.25) is 5.02 Å². The van der Waals surface area contributed by atoms with E-state index in [1.807, 2.05) is 6.92 Å². The average Bonchev–Trinajstić information content (AvgIpc) is 3.38. The number of nitrogens with zero attached hydrogens (tertiary/aromatic N) is 2. The van der Waals surface area contributed by atoms with Crippen LogP contribution in [0.15, 0.2) is 54.6 Å². The van der Waals surface area contributed by atoms with E-state index in [-0.39, 0.29) is 41.2 Å². The van der Waals surface area contributed by atoms with Crippen molar-refractivity contribution in [3.8, 4) is 28.5 Å². The highest BCUT2D eigenvalue weighted by Gasteiger charge is 2.43. The third-order valence-corrected chi connectivity index (χ3v) is 6.67.